The number of nitrogens with zero attached hydrogens (tertiary/aromatic N) is 1. The number of methoxy groups -OCH3 is 1. The number of ether oxygens (including phenoxy) is 1. The van der Waals surface area contributed by atoms with E-state index in [9.17, 15) is 4.79 Å². The molecule has 1 aliphatic heterocycles. The zero-order valence-corrected chi connectivity index (χ0v) is 10.3. The molecular formula is C11H20ClNO2. The van der Waals surface area contributed by atoms with Crippen molar-refractivity contribution in [1.82, 2.24) is 4.90 Å². The zero-order valence-electron chi connectivity index (χ0n) is 9.54. The van der Waals surface area contributed by atoms with Gasteiger partial charge in [-0.2, -0.15) is 0 Å². The number of carbonyl (C=O) groups excluding carboxylic acids is 1. The third-order valence-corrected chi connectivity index (χ3v) is 3.35. The summed E-state index contributed by atoms with van der Waals surface area (Å²) in [4.78, 5) is 13.7. The van der Waals surface area contributed by atoms with Gasteiger partial charge in [-0.3, -0.25) is 4.79 Å². The van der Waals surface area contributed by atoms with Gasteiger partial charge in [0, 0.05) is 20.2 Å². The molecule has 0 saturated carbocycles. The molecule has 4 heteroatoms. The topological polar surface area (TPSA) is 29.5 Å². The normalized spacial score (nSPS) is 23.9. The fraction of sp³-hybridized carbons (Fsp3) is 0.909. The molecule has 2 atom stereocenters. The van der Waals surface area contributed by atoms with Crippen molar-refractivity contribution in [3.05, 3.63) is 0 Å². The molecule has 0 aromatic carbocycles. The number of amides is 1. The molecule has 0 aromatic rings. The van der Waals surface area contributed by atoms with Gasteiger partial charge < -0.3 is 9.64 Å². The lowest BCUT2D eigenvalue weighted by molar-refractivity contribution is -0.133. The Morgan fingerprint density at radius 3 is 3.00 bits per heavy atom. The number of piperidine rings is 1. The summed E-state index contributed by atoms with van der Waals surface area (Å²) in [7, 11) is 1.71. The lowest BCUT2D eigenvalue weighted by Gasteiger charge is -2.33. The molecule has 1 rings (SSSR count). The smallest absolute Gasteiger partial charge is 0.240 e. The van der Waals surface area contributed by atoms with E-state index in [1.165, 1.54) is 0 Å². The van der Waals surface area contributed by atoms with Crippen molar-refractivity contribution < 1.29 is 9.53 Å². The fourth-order valence-electron chi connectivity index (χ4n) is 2.01. The highest BCUT2D eigenvalue weighted by atomic mass is 35.5. The molecule has 1 saturated heterocycles. The second kappa shape index (κ2) is 6.33. The van der Waals surface area contributed by atoms with Gasteiger partial charge >= 0.3 is 0 Å². The van der Waals surface area contributed by atoms with Crippen LogP contribution in [-0.2, 0) is 9.53 Å². The molecule has 1 fully saturated rings. The van der Waals surface area contributed by atoms with Crippen molar-refractivity contribution in [3.63, 3.8) is 0 Å². The summed E-state index contributed by atoms with van der Waals surface area (Å²) in [5, 5.41) is -0.355. The average Bonchev–Trinajstić information content (AvgIpc) is 2.28. The van der Waals surface area contributed by atoms with Crippen LogP contribution in [0.4, 0.5) is 0 Å². The molecule has 1 aliphatic rings. The van der Waals surface area contributed by atoms with E-state index in [1.807, 2.05) is 11.8 Å². The van der Waals surface area contributed by atoms with Crippen LogP contribution in [0.1, 0.15) is 26.2 Å². The minimum Gasteiger partial charge on any atom is -0.384 e. The molecule has 0 bridgehead atoms. The lowest BCUT2D eigenvalue weighted by atomic mass is 9.98. The van der Waals surface area contributed by atoms with Crippen molar-refractivity contribution in [1.29, 1.82) is 0 Å². The summed E-state index contributed by atoms with van der Waals surface area (Å²) in [6, 6.07) is 0. The van der Waals surface area contributed by atoms with E-state index in [0.29, 0.717) is 12.3 Å². The van der Waals surface area contributed by atoms with Crippen LogP contribution in [0.25, 0.3) is 0 Å². The Morgan fingerprint density at radius 2 is 2.40 bits per heavy atom. The van der Waals surface area contributed by atoms with Crippen LogP contribution in [0.2, 0.25) is 0 Å². The number of rotatable bonds is 4. The van der Waals surface area contributed by atoms with Gasteiger partial charge in [-0.25, -0.2) is 0 Å². The van der Waals surface area contributed by atoms with Crippen molar-refractivity contribution in [2.24, 2.45) is 5.92 Å². The number of carbonyl (C=O) groups is 1. The first-order chi connectivity index (χ1) is 7.19. The summed E-state index contributed by atoms with van der Waals surface area (Å²) >= 11 is 5.95. The highest BCUT2D eigenvalue weighted by Crippen LogP contribution is 2.19. The zero-order chi connectivity index (χ0) is 11.3. The van der Waals surface area contributed by atoms with E-state index in [4.69, 9.17) is 16.3 Å². The number of halogens is 1. The fourth-order valence-corrected chi connectivity index (χ4v) is 2.15. The Labute approximate surface area is 96.7 Å². The van der Waals surface area contributed by atoms with E-state index >= 15 is 0 Å². The maximum absolute atomic E-state index is 11.8. The van der Waals surface area contributed by atoms with Gasteiger partial charge in [0.1, 0.15) is 5.38 Å². The molecule has 3 nitrogen and oxygen atoms in total. The SMILES string of the molecule is CC[C@@H](Cl)C(=O)N1CCC[C@H](COC)C1. The highest BCUT2D eigenvalue weighted by molar-refractivity contribution is 6.30. The van der Waals surface area contributed by atoms with Crippen LogP contribution < -0.4 is 0 Å². The largest absolute Gasteiger partial charge is 0.384 e. The second-order valence-corrected chi connectivity index (χ2v) is 4.65. The maximum Gasteiger partial charge on any atom is 0.240 e. The molecule has 0 N–H and O–H groups in total. The highest BCUT2D eigenvalue weighted by Gasteiger charge is 2.26. The van der Waals surface area contributed by atoms with Crippen LogP contribution in [0, 0.1) is 5.92 Å². The number of alkyl halides is 1. The molecule has 88 valence electrons. The second-order valence-electron chi connectivity index (χ2n) is 4.12. The van der Waals surface area contributed by atoms with Gasteiger partial charge in [0.2, 0.25) is 5.91 Å². The third-order valence-electron chi connectivity index (χ3n) is 2.86. The molecule has 0 aromatic heterocycles. The molecule has 0 aliphatic carbocycles. The van der Waals surface area contributed by atoms with Gasteiger partial charge in [-0.1, -0.05) is 6.92 Å². The Bertz CT molecular complexity index is 209. The first-order valence-corrected chi connectivity index (χ1v) is 6.04. The van der Waals surface area contributed by atoms with Crippen molar-refractivity contribution >= 4 is 17.5 Å². The average molecular weight is 234 g/mol. The van der Waals surface area contributed by atoms with Gasteiger partial charge in [-0.05, 0) is 25.2 Å². The predicted molar refractivity (Wildman–Crippen MR) is 61.1 cm³/mol. The molecule has 0 unspecified atom stereocenters. The van der Waals surface area contributed by atoms with E-state index in [1.54, 1.807) is 7.11 Å². The van der Waals surface area contributed by atoms with Crippen LogP contribution >= 0.6 is 11.6 Å². The molecule has 0 radical (unpaired) electrons. The predicted octanol–water partition coefficient (Wildman–Crippen LogP) is 1.89. The van der Waals surface area contributed by atoms with E-state index in [2.05, 4.69) is 0 Å². The molecule has 15 heavy (non-hydrogen) atoms. The van der Waals surface area contributed by atoms with E-state index in [-0.39, 0.29) is 11.3 Å². The Balaban J connectivity index is 2.44. The summed E-state index contributed by atoms with van der Waals surface area (Å²) in [6.07, 6.45) is 2.91. The van der Waals surface area contributed by atoms with E-state index in [0.717, 1.165) is 32.5 Å². The molecular weight excluding hydrogens is 214 g/mol. The first-order valence-electron chi connectivity index (χ1n) is 5.60. The Morgan fingerprint density at radius 1 is 1.67 bits per heavy atom. The minimum absolute atomic E-state index is 0.0833. The number of hydrogen-bond donors (Lipinski definition) is 0. The summed E-state index contributed by atoms with van der Waals surface area (Å²) in [6.45, 7) is 4.33. The van der Waals surface area contributed by atoms with Crippen molar-refractivity contribution in [2.75, 3.05) is 26.8 Å². The minimum atomic E-state index is -0.355. The van der Waals surface area contributed by atoms with Crippen LogP contribution in [-0.4, -0.2) is 43.0 Å². The summed E-state index contributed by atoms with van der Waals surface area (Å²) in [5.41, 5.74) is 0. The lowest BCUT2D eigenvalue weighted by Crippen LogP contribution is -2.44. The third kappa shape index (κ3) is 3.65. The van der Waals surface area contributed by atoms with Gasteiger partial charge in [0.15, 0.2) is 0 Å². The van der Waals surface area contributed by atoms with Crippen LogP contribution in [0.15, 0.2) is 0 Å². The molecule has 1 amide bonds. The Kier molecular flexibility index (Phi) is 5.40. The monoisotopic (exact) mass is 233 g/mol. The Hall–Kier alpha value is -0.280. The van der Waals surface area contributed by atoms with Gasteiger partial charge in [-0.15, -0.1) is 11.6 Å². The first kappa shape index (κ1) is 12.8. The van der Waals surface area contributed by atoms with Crippen molar-refractivity contribution in [3.8, 4) is 0 Å². The summed E-state index contributed by atoms with van der Waals surface area (Å²) in [5.74, 6) is 0.563. The number of hydrogen-bond acceptors (Lipinski definition) is 2. The number of likely N-dealkylation sites (tertiary alicyclic amines) is 1. The van der Waals surface area contributed by atoms with Crippen LogP contribution in [0.5, 0.6) is 0 Å². The van der Waals surface area contributed by atoms with Gasteiger partial charge in [0.25, 0.3) is 0 Å². The molecule has 1 heterocycles. The standard InChI is InChI=1S/C11H20ClNO2/c1-3-10(12)11(14)13-6-4-5-9(7-13)8-15-2/h9-10H,3-8H2,1-2H3/t9-,10+/m0/s1. The molecule has 0 spiro atoms. The van der Waals surface area contributed by atoms with Crippen LogP contribution in [0.3, 0.4) is 0 Å². The van der Waals surface area contributed by atoms with E-state index < -0.39 is 0 Å². The quantitative estimate of drug-likeness (QED) is 0.694. The van der Waals surface area contributed by atoms with Crippen molar-refractivity contribution in [2.45, 2.75) is 31.6 Å². The van der Waals surface area contributed by atoms with Gasteiger partial charge in [0.05, 0.1) is 6.61 Å². The maximum atomic E-state index is 11.8. The summed E-state index contributed by atoms with van der Waals surface area (Å²) < 4.78 is 5.13.